The molecule has 3 aromatic rings. The Bertz CT molecular complexity index is 1610. The normalized spacial score (nSPS) is 15.3. The maximum Gasteiger partial charge on any atom is 0.410 e. The average molecular weight is 669 g/mol. The van der Waals surface area contributed by atoms with E-state index in [9.17, 15) is 14.0 Å². The first kappa shape index (κ1) is 34.2. The van der Waals surface area contributed by atoms with Crippen LogP contribution in [0.5, 0.6) is 17.4 Å². The molecule has 47 heavy (non-hydrogen) atoms. The van der Waals surface area contributed by atoms with Gasteiger partial charge in [0, 0.05) is 69.3 Å². The van der Waals surface area contributed by atoms with Crippen LogP contribution in [0.2, 0.25) is 5.15 Å². The van der Waals surface area contributed by atoms with Crippen molar-refractivity contribution in [2.24, 2.45) is 0 Å². The number of rotatable bonds is 8. The number of hydrogen-bond acceptors (Lipinski definition) is 9. The van der Waals surface area contributed by atoms with E-state index in [2.05, 4.69) is 20.1 Å². The third-order valence-electron chi connectivity index (χ3n) is 8.11. The number of halogens is 2. The summed E-state index contributed by atoms with van der Waals surface area (Å²) in [6.07, 6.45) is 3.31. The molecule has 2 amide bonds. The van der Waals surface area contributed by atoms with Gasteiger partial charge >= 0.3 is 6.09 Å². The zero-order valence-electron chi connectivity index (χ0n) is 27.8. The van der Waals surface area contributed by atoms with Crippen LogP contribution in [0.15, 0.2) is 36.5 Å². The number of pyridine rings is 1. The monoisotopic (exact) mass is 668 g/mol. The maximum atomic E-state index is 14.3. The zero-order valence-corrected chi connectivity index (χ0v) is 28.5. The number of nitrogens with zero attached hydrogens (tertiary/aromatic N) is 6. The molecule has 252 valence electrons. The average Bonchev–Trinajstić information content (AvgIpc) is 3.02. The third kappa shape index (κ3) is 8.22. The van der Waals surface area contributed by atoms with Crippen molar-refractivity contribution in [1.29, 1.82) is 0 Å². The minimum Gasteiger partial charge on any atom is -0.490 e. The fourth-order valence-electron chi connectivity index (χ4n) is 5.81. The number of anilines is 1. The van der Waals surface area contributed by atoms with E-state index in [4.69, 9.17) is 25.8 Å². The van der Waals surface area contributed by atoms with Gasteiger partial charge in [-0.1, -0.05) is 11.6 Å². The molecule has 2 aliphatic heterocycles. The van der Waals surface area contributed by atoms with Gasteiger partial charge in [0.25, 0.3) is 11.8 Å². The molecule has 2 aliphatic rings. The first-order valence-corrected chi connectivity index (χ1v) is 16.4. The van der Waals surface area contributed by atoms with Crippen LogP contribution in [0.3, 0.4) is 0 Å². The van der Waals surface area contributed by atoms with Crippen LogP contribution < -0.4 is 14.4 Å². The largest absolute Gasteiger partial charge is 0.490 e. The van der Waals surface area contributed by atoms with Crippen LogP contribution in [-0.2, 0) is 17.7 Å². The minimum absolute atomic E-state index is 0.0818. The molecule has 1 fully saturated rings. The number of fused-ring (bicyclic) bond motifs is 1. The first-order chi connectivity index (χ1) is 22.3. The van der Waals surface area contributed by atoms with E-state index in [1.807, 2.05) is 47.6 Å². The number of piperidine rings is 1. The summed E-state index contributed by atoms with van der Waals surface area (Å²) < 4.78 is 32.6. The maximum absolute atomic E-state index is 14.3. The molecule has 13 heteroatoms. The molecular formula is C34H42ClFN6O5. The lowest BCUT2D eigenvalue weighted by Gasteiger charge is -2.35. The van der Waals surface area contributed by atoms with E-state index in [1.54, 1.807) is 22.1 Å². The SMILES string of the molecule is CCN(C(=O)c1cc(F)ccc1Oc1nnc(Cl)cc1N1CCC(Oc2ccnc3c2CN(C(=O)OC(C)(C)C)CC3)CC1)C(C)C. The Morgan fingerprint density at radius 3 is 2.51 bits per heavy atom. The smallest absolute Gasteiger partial charge is 0.410 e. The summed E-state index contributed by atoms with van der Waals surface area (Å²) in [5, 5.41) is 8.37. The second-order valence-corrected chi connectivity index (χ2v) is 13.4. The quantitative estimate of drug-likeness (QED) is 0.260. The zero-order chi connectivity index (χ0) is 33.9. The van der Waals surface area contributed by atoms with Crippen molar-refractivity contribution in [2.75, 3.05) is 31.1 Å². The van der Waals surface area contributed by atoms with Crippen molar-refractivity contribution in [3.63, 3.8) is 0 Å². The van der Waals surface area contributed by atoms with Crippen molar-refractivity contribution in [2.45, 2.75) is 85.1 Å². The van der Waals surface area contributed by atoms with Crippen molar-refractivity contribution < 1.29 is 28.2 Å². The predicted octanol–water partition coefficient (Wildman–Crippen LogP) is 6.67. The molecule has 0 radical (unpaired) electrons. The van der Waals surface area contributed by atoms with Gasteiger partial charge in [0.05, 0.1) is 17.8 Å². The second-order valence-electron chi connectivity index (χ2n) is 13.0. The molecule has 0 unspecified atom stereocenters. The van der Waals surface area contributed by atoms with Gasteiger partial charge in [0.1, 0.15) is 34.7 Å². The number of carbonyl (C=O) groups excluding carboxylic acids is 2. The molecule has 1 aromatic carbocycles. The number of amides is 2. The molecule has 0 bridgehead atoms. The summed E-state index contributed by atoms with van der Waals surface area (Å²) in [5.74, 6) is 0.168. The van der Waals surface area contributed by atoms with Crippen LogP contribution in [0.4, 0.5) is 14.9 Å². The fourth-order valence-corrected chi connectivity index (χ4v) is 5.95. The second kappa shape index (κ2) is 14.3. The van der Waals surface area contributed by atoms with Crippen LogP contribution >= 0.6 is 11.6 Å². The molecule has 2 aromatic heterocycles. The highest BCUT2D eigenvalue weighted by Crippen LogP contribution is 2.36. The van der Waals surface area contributed by atoms with E-state index in [0.29, 0.717) is 57.7 Å². The molecule has 0 N–H and O–H groups in total. The van der Waals surface area contributed by atoms with E-state index >= 15 is 0 Å². The van der Waals surface area contributed by atoms with Crippen LogP contribution in [0.1, 0.15) is 76.0 Å². The number of hydrogen-bond donors (Lipinski definition) is 0. The van der Waals surface area contributed by atoms with Crippen LogP contribution in [0, 0.1) is 5.82 Å². The summed E-state index contributed by atoms with van der Waals surface area (Å²) in [6.45, 7) is 13.8. The minimum atomic E-state index is -0.582. The summed E-state index contributed by atoms with van der Waals surface area (Å²) in [5.41, 5.74) is 1.95. The summed E-state index contributed by atoms with van der Waals surface area (Å²) in [6, 6.07) is 7.29. The summed E-state index contributed by atoms with van der Waals surface area (Å²) >= 11 is 6.28. The van der Waals surface area contributed by atoms with Gasteiger partial charge in [-0.15, -0.1) is 10.2 Å². The molecule has 11 nitrogen and oxygen atoms in total. The van der Waals surface area contributed by atoms with Gasteiger partial charge < -0.3 is 28.9 Å². The highest BCUT2D eigenvalue weighted by Gasteiger charge is 2.31. The van der Waals surface area contributed by atoms with E-state index in [-0.39, 0.29) is 46.5 Å². The topological polar surface area (TPSA) is 110 Å². The Morgan fingerprint density at radius 1 is 1.09 bits per heavy atom. The molecule has 0 atom stereocenters. The lowest BCUT2D eigenvalue weighted by molar-refractivity contribution is 0.0219. The Balaban J connectivity index is 1.29. The van der Waals surface area contributed by atoms with Gasteiger partial charge in [-0.05, 0) is 65.8 Å². The molecule has 0 spiro atoms. The standard InChI is InChI=1S/C34H42ClFN6O5/c1-7-42(21(2)3)32(43)24-18-22(36)8-9-28(24)46-31-27(19-30(35)38-39-31)40-15-11-23(12-16-40)45-29-10-14-37-26-13-17-41(20-25(26)29)33(44)47-34(4,5)6/h8-10,14,18-19,21,23H,7,11-13,15-17,20H2,1-6H3. The van der Waals surface area contributed by atoms with Gasteiger partial charge in [-0.2, -0.15) is 0 Å². The van der Waals surface area contributed by atoms with Gasteiger partial charge in [-0.3, -0.25) is 9.78 Å². The number of benzene rings is 1. The molecule has 0 aliphatic carbocycles. The van der Waals surface area contributed by atoms with Crippen molar-refractivity contribution in [3.8, 4) is 17.4 Å². The molecule has 0 saturated carbocycles. The number of aromatic nitrogens is 3. The first-order valence-electron chi connectivity index (χ1n) is 16.0. The van der Waals surface area contributed by atoms with Gasteiger partial charge in [0.15, 0.2) is 5.15 Å². The van der Waals surface area contributed by atoms with Crippen molar-refractivity contribution in [3.05, 3.63) is 64.3 Å². The molecule has 1 saturated heterocycles. The van der Waals surface area contributed by atoms with Crippen molar-refractivity contribution >= 4 is 29.3 Å². The molecule has 4 heterocycles. The van der Waals surface area contributed by atoms with E-state index < -0.39 is 11.4 Å². The Kier molecular flexibility index (Phi) is 10.4. The lowest BCUT2D eigenvalue weighted by atomic mass is 10.0. The Morgan fingerprint density at radius 2 is 1.83 bits per heavy atom. The summed E-state index contributed by atoms with van der Waals surface area (Å²) in [7, 11) is 0. The summed E-state index contributed by atoms with van der Waals surface area (Å²) in [4.78, 5) is 36.1. The van der Waals surface area contributed by atoms with Gasteiger partial charge in [-0.25, -0.2) is 9.18 Å². The predicted molar refractivity (Wildman–Crippen MR) is 176 cm³/mol. The van der Waals surface area contributed by atoms with Crippen molar-refractivity contribution in [1.82, 2.24) is 25.0 Å². The Hall–Kier alpha value is -4.19. The Labute approximate surface area is 280 Å². The molecule has 5 rings (SSSR count). The number of carbonyl (C=O) groups is 2. The van der Waals surface area contributed by atoms with Crippen LogP contribution in [0.25, 0.3) is 0 Å². The van der Waals surface area contributed by atoms with Gasteiger partial charge in [0.2, 0.25) is 0 Å². The van der Waals surface area contributed by atoms with Crippen LogP contribution in [-0.4, -0.2) is 80.9 Å². The van der Waals surface area contributed by atoms with E-state index in [0.717, 1.165) is 17.0 Å². The lowest BCUT2D eigenvalue weighted by Crippen LogP contribution is -2.41. The highest BCUT2D eigenvalue weighted by atomic mass is 35.5. The third-order valence-corrected chi connectivity index (χ3v) is 8.30. The fraction of sp³-hybridized carbons (Fsp3) is 0.500. The molecular weight excluding hydrogens is 627 g/mol. The number of ether oxygens (including phenoxy) is 3. The highest BCUT2D eigenvalue weighted by molar-refractivity contribution is 6.29. The van der Waals surface area contributed by atoms with E-state index in [1.165, 1.54) is 18.2 Å².